The van der Waals surface area contributed by atoms with Crippen LogP contribution in [0.1, 0.15) is 16.2 Å². The molecular formula is C12H10ClNO4. The largest absolute Gasteiger partial charge is 0.492 e. The highest BCUT2D eigenvalue weighted by Crippen LogP contribution is 2.23. The normalized spacial score (nSPS) is 10.3. The van der Waals surface area contributed by atoms with Gasteiger partial charge in [0.2, 0.25) is 0 Å². The van der Waals surface area contributed by atoms with Crippen molar-refractivity contribution < 1.29 is 19.2 Å². The number of ether oxygens (including phenoxy) is 1. The zero-order valence-electron chi connectivity index (χ0n) is 9.30. The number of para-hydroxylation sites is 1. The summed E-state index contributed by atoms with van der Waals surface area (Å²) in [4.78, 5) is 10.6. The summed E-state index contributed by atoms with van der Waals surface area (Å²) >= 11 is 5.91. The minimum absolute atomic E-state index is 0.109. The summed E-state index contributed by atoms with van der Waals surface area (Å²) in [6.07, 6.45) is 0.422. The molecule has 0 fully saturated rings. The summed E-state index contributed by atoms with van der Waals surface area (Å²) in [6, 6.07) is 8.49. The van der Waals surface area contributed by atoms with E-state index in [-0.39, 0.29) is 5.69 Å². The van der Waals surface area contributed by atoms with Gasteiger partial charge in [-0.25, -0.2) is 4.79 Å². The number of hydrogen-bond acceptors (Lipinski definition) is 4. The molecule has 0 aliphatic rings. The maximum Gasteiger partial charge on any atom is 0.358 e. The van der Waals surface area contributed by atoms with Crippen LogP contribution in [0.3, 0.4) is 0 Å². The predicted octanol–water partition coefficient (Wildman–Crippen LogP) is 2.65. The summed E-state index contributed by atoms with van der Waals surface area (Å²) < 4.78 is 10.3. The van der Waals surface area contributed by atoms with Crippen molar-refractivity contribution in [1.29, 1.82) is 0 Å². The Hall–Kier alpha value is -2.01. The summed E-state index contributed by atoms with van der Waals surface area (Å²) in [6.45, 7) is 0.331. The van der Waals surface area contributed by atoms with E-state index in [9.17, 15) is 4.79 Å². The van der Waals surface area contributed by atoms with Crippen LogP contribution in [0.5, 0.6) is 5.75 Å². The van der Waals surface area contributed by atoms with E-state index in [1.165, 1.54) is 6.07 Å². The molecule has 1 heterocycles. The van der Waals surface area contributed by atoms with E-state index < -0.39 is 5.97 Å². The molecule has 0 atom stereocenters. The van der Waals surface area contributed by atoms with Gasteiger partial charge in [-0.3, -0.25) is 0 Å². The molecule has 18 heavy (non-hydrogen) atoms. The Morgan fingerprint density at radius 2 is 2.22 bits per heavy atom. The Balaban J connectivity index is 1.88. The fourth-order valence-electron chi connectivity index (χ4n) is 1.35. The average Bonchev–Trinajstić information content (AvgIpc) is 2.80. The average molecular weight is 268 g/mol. The van der Waals surface area contributed by atoms with E-state index in [2.05, 4.69) is 5.16 Å². The van der Waals surface area contributed by atoms with Crippen molar-refractivity contribution in [3.63, 3.8) is 0 Å². The maximum absolute atomic E-state index is 10.6. The highest BCUT2D eigenvalue weighted by Gasteiger charge is 2.10. The molecule has 0 spiro atoms. The molecule has 0 saturated heterocycles. The number of benzene rings is 1. The summed E-state index contributed by atoms with van der Waals surface area (Å²) in [5.41, 5.74) is -0.109. The second-order valence-corrected chi connectivity index (χ2v) is 3.92. The Kier molecular flexibility index (Phi) is 3.84. The van der Waals surface area contributed by atoms with Crippen LogP contribution < -0.4 is 4.74 Å². The summed E-state index contributed by atoms with van der Waals surface area (Å²) in [7, 11) is 0. The van der Waals surface area contributed by atoms with Crippen molar-refractivity contribution in [3.05, 3.63) is 46.8 Å². The Bertz CT molecular complexity index is 553. The van der Waals surface area contributed by atoms with Crippen LogP contribution in [-0.2, 0) is 6.42 Å². The molecule has 0 aliphatic heterocycles. The molecule has 1 N–H and O–H groups in total. The lowest BCUT2D eigenvalue weighted by atomic mass is 10.3. The minimum atomic E-state index is -1.11. The fraction of sp³-hybridized carbons (Fsp3) is 0.167. The number of aromatic nitrogens is 1. The number of aromatic carboxylic acids is 1. The third-order valence-corrected chi connectivity index (χ3v) is 2.53. The van der Waals surface area contributed by atoms with E-state index in [0.29, 0.717) is 29.6 Å². The Labute approximate surface area is 108 Å². The van der Waals surface area contributed by atoms with Gasteiger partial charge >= 0.3 is 5.97 Å². The molecule has 5 nitrogen and oxygen atoms in total. The standard InChI is InChI=1S/C12H10ClNO4/c13-9-3-1-2-4-11(9)17-6-5-8-7-10(12(15)16)14-18-8/h1-4,7H,5-6H2,(H,15,16). The van der Waals surface area contributed by atoms with E-state index in [1.807, 2.05) is 12.1 Å². The lowest BCUT2D eigenvalue weighted by Gasteiger charge is -2.05. The second kappa shape index (κ2) is 5.55. The fourth-order valence-corrected chi connectivity index (χ4v) is 1.55. The van der Waals surface area contributed by atoms with Crippen molar-refractivity contribution in [2.45, 2.75) is 6.42 Å². The van der Waals surface area contributed by atoms with E-state index in [1.54, 1.807) is 12.1 Å². The monoisotopic (exact) mass is 267 g/mol. The van der Waals surface area contributed by atoms with Crippen LogP contribution in [0.4, 0.5) is 0 Å². The van der Waals surface area contributed by atoms with Crippen LogP contribution >= 0.6 is 11.6 Å². The molecule has 1 aromatic carbocycles. The van der Waals surface area contributed by atoms with Crippen LogP contribution in [0.25, 0.3) is 0 Å². The molecule has 2 rings (SSSR count). The van der Waals surface area contributed by atoms with Gasteiger partial charge in [0.05, 0.1) is 11.6 Å². The Morgan fingerprint density at radius 1 is 1.44 bits per heavy atom. The molecule has 0 radical (unpaired) electrons. The van der Waals surface area contributed by atoms with Crippen molar-refractivity contribution in [2.24, 2.45) is 0 Å². The number of halogens is 1. The molecule has 0 bridgehead atoms. The van der Waals surface area contributed by atoms with Gasteiger partial charge in [0.1, 0.15) is 11.5 Å². The second-order valence-electron chi connectivity index (χ2n) is 3.51. The highest BCUT2D eigenvalue weighted by molar-refractivity contribution is 6.32. The topological polar surface area (TPSA) is 72.6 Å². The van der Waals surface area contributed by atoms with Gasteiger partial charge < -0.3 is 14.4 Å². The third kappa shape index (κ3) is 3.01. The van der Waals surface area contributed by atoms with E-state index in [0.717, 1.165) is 0 Å². The first kappa shape index (κ1) is 12.4. The van der Waals surface area contributed by atoms with Gasteiger partial charge in [-0.15, -0.1) is 0 Å². The first-order valence-corrected chi connectivity index (χ1v) is 5.61. The first-order valence-electron chi connectivity index (χ1n) is 5.23. The lowest BCUT2D eigenvalue weighted by Crippen LogP contribution is -2.01. The van der Waals surface area contributed by atoms with Crippen molar-refractivity contribution in [3.8, 4) is 5.75 Å². The van der Waals surface area contributed by atoms with Crippen molar-refractivity contribution >= 4 is 17.6 Å². The molecule has 0 amide bonds. The molecule has 1 aromatic heterocycles. The van der Waals surface area contributed by atoms with Crippen LogP contribution in [0.15, 0.2) is 34.9 Å². The summed E-state index contributed by atoms with van der Waals surface area (Å²) in [5.74, 6) is -0.0754. The van der Waals surface area contributed by atoms with E-state index in [4.69, 9.17) is 26.0 Å². The van der Waals surface area contributed by atoms with Crippen molar-refractivity contribution in [2.75, 3.05) is 6.61 Å². The zero-order valence-corrected chi connectivity index (χ0v) is 10.1. The number of nitrogens with zero attached hydrogens (tertiary/aromatic N) is 1. The van der Waals surface area contributed by atoms with Gasteiger partial charge in [-0.2, -0.15) is 0 Å². The SMILES string of the molecule is O=C(O)c1cc(CCOc2ccccc2Cl)on1. The number of carbonyl (C=O) groups is 1. The Morgan fingerprint density at radius 3 is 2.89 bits per heavy atom. The predicted molar refractivity (Wildman–Crippen MR) is 64.1 cm³/mol. The number of carboxylic acid groups (broad SMARTS) is 1. The molecular weight excluding hydrogens is 258 g/mol. The number of hydrogen-bond donors (Lipinski definition) is 1. The number of carboxylic acids is 1. The van der Waals surface area contributed by atoms with Gasteiger partial charge in [0.25, 0.3) is 0 Å². The molecule has 0 unspecified atom stereocenters. The first-order chi connectivity index (χ1) is 8.66. The third-order valence-electron chi connectivity index (χ3n) is 2.22. The zero-order chi connectivity index (χ0) is 13.0. The quantitative estimate of drug-likeness (QED) is 0.901. The smallest absolute Gasteiger partial charge is 0.358 e. The number of rotatable bonds is 5. The molecule has 2 aromatic rings. The summed E-state index contributed by atoms with van der Waals surface area (Å²) in [5, 5.41) is 12.6. The van der Waals surface area contributed by atoms with Gasteiger partial charge in [0.15, 0.2) is 5.69 Å². The van der Waals surface area contributed by atoms with Crippen molar-refractivity contribution in [1.82, 2.24) is 5.16 Å². The van der Waals surface area contributed by atoms with Gasteiger partial charge in [-0.1, -0.05) is 28.9 Å². The maximum atomic E-state index is 10.6. The lowest BCUT2D eigenvalue weighted by molar-refractivity contribution is 0.0685. The van der Waals surface area contributed by atoms with Gasteiger partial charge in [0, 0.05) is 12.5 Å². The highest BCUT2D eigenvalue weighted by atomic mass is 35.5. The minimum Gasteiger partial charge on any atom is -0.492 e. The molecule has 0 saturated carbocycles. The van der Waals surface area contributed by atoms with Gasteiger partial charge in [-0.05, 0) is 12.1 Å². The van der Waals surface area contributed by atoms with Crippen LogP contribution in [-0.4, -0.2) is 22.8 Å². The van der Waals surface area contributed by atoms with Crippen LogP contribution in [0.2, 0.25) is 5.02 Å². The molecule has 6 heteroatoms. The molecule has 94 valence electrons. The van der Waals surface area contributed by atoms with E-state index >= 15 is 0 Å². The van der Waals surface area contributed by atoms with Crippen LogP contribution in [0, 0.1) is 0 Å². The molecule has 0 aliphatic carbocycles.